The Morgan fingerprint density at radius 1 is 1.47 bits per heavy atom. The summed E-state index contributed by atoms with van der Waals surface area (Å²) in [6.45, 7) is 0. The van der Waals surface area contributed by atoms with Gasteiger partial charge in [-0.2, -0.15) is 5.26 Å². The van der Waals surface area contributed by atoms with Gasteiger partial charge in [0, 0.05) is 5.56 Å². The number of thiocarbonyl (C=S) groups is 1. The molecule has 0 saturated heterocycles. The number of nitrogens with zero attached hydrogens (tertiary/aromatic N) is 4. The molecule has 0 fully saturated rings. The van der Waals surface area contributed by atoms with Crippen molar-refractivity contribution in [3.8, 4) is 17.5 Å². The molecule has 7 heteroatoms. The highest BCUT2D eigenvalue weighted by molar-refractivity contribution is 7.80. The summed E-state index contributed by atoms with van der Waals surface area (Å²) in [6, 6.07) is 5.85. The van der Waals surface area contributed by atoms with E-state index in [-0.39, 0.29) is 5.11 Å². The maximum atomic E-state index is 13.3. The number of benzene rings is 1. The van der Waals surface area contributed by atoms with E-state index in [1.807, 2.05) is 6.19 Å². The van der Waals surface area contributed by atoms with Crippen molar-refractivity contribution in [2.24, 2.45) is 5.73 Å². The van der Waals surface area contributed by atoms with Crippen LogP contribution in [0.15, 0.2) is 36.8 Å². The van der Waals surface area contributed by atoms with Crippen LogP contribution in [0, 0.1) is 17.3 Å². The fraction of sp³-hybridized carbons (Fsp3) is 0. The average molecular weight is 273 g/mol. The number of halogens is 1. The minimum atomic E-state index is -0.402. The summed E-state index contributed by atoms with van der Waals surface area (Å²) in [5.74, 6) is -0.402. The molecule has 0 aliphatic rings. The van der Waals surface area contributed by atoms with Crippen molar-refractivity contribution in [2.45, 2.75) is 0 Å². The lowest BCUT2D eigenvalue weighted by molar-refractivity contribution is 0.628. The Morgan fingerprint density at radius 2 is 2.26 bits per heavy atom. The Bertz CT molecular complexity index is 667. The summed E-state index contributed by atoms with van der Waals surface area (Å²) in [5.41, 5.74) is 6.66. The molecule has 5 nitrogen and oxygen atoms in total. The lowest BCUT2D eigenvalue weighted by Gasteiger charge is -2.15. The van der Waals surface area contributed by atoms with Crippen LogP contribution in [-0.4, -0.2) is 15.1 Å². The van der Waals surface area contributed by atoms with Crippen LogP contribution in [-0.2, 0) is 0 Å². The van der Waals surface area contributed by atoms with E-state index in [0.717, 1.165) is 4.90 Å². The standard InChI is InChI=1S/C12H8FN5S/c13-9-3-1-2-8(4-9)11-10(5-16-7-17-11)18(6-14)12(15)19/h1-5,7H,(H2,15,19). The Hall–Kier alpha value is -2.59. The minimum absolute atomic E-state index is 0.130. The van der Waals surface area contributed by atoms with Gasteiger partial charge in [0.2, 0.25) is 0 Å². The summed E-state index contributed by atoms with van der Waals surface area (Å²) in [6.07, 6.45) is 4.54. The highest BCUT2D eigenvalue weighted by Crippen LogP contribution is 2.27. The van der Waals surface area contributed by atoms with Gasteiger partial charge < -0.3 is 5.73 Å². The molecule has 0 aliphatic heterocycles. The van der Waals surface area contributed by atoms with Crippen LogP contribution in [0.5, 0.6) is 0 Å². The molecule has 0 aliphatic carbocycles. The molecule has 0 atom stereocenters. The molecule has 0 bridgehead atoms. The molecule has 2 rings (SSSR count). The van der Waals surface area contributed by atoms with Gasteiger partial charge in [0.05, 0.1) is 11.9 Å². The van der Waals surface area contributed by atoms with Crippen LogP contribution in [0.3, 0.4) is 0 Å². The van der Waals surface area contributed by atoms with Gasteiger partial charge in [0.15, 0.2) is 11.3 Å². The third kappa shape index (κ3) is 2.64. The van der Waals surface area contributed by atoms with Gasteiger partial charge in [-0.25, -0.2) is 19.3 Å². The average Bonchev–Trinajstić information content (AvgIpc) is 2.40. The molecule has 2 N–H and O–H groups in total. The lowest BCUT2D eigenvalue weighted by Crippen LogP contribution is -2.31. The third-order valence-electron chi connectivity index (χ3n) is 2.35. The highest BCUT2D eigenvalue weighted by atomic mass is 32.1. The van der Waals surface area contributed by atoms with E-state index in [9.17, 15) is 4.39 Å². The van der Waals surface area contributed by atoms with Gasteiger partial charge >= 0.3 is 0 Å². The number of anilines is 1. The molecular weight excluding hydrogens is 265 g/mol. The second kappa shape index (κ2) is 5.37. The van der Waals surface area contributed by atoms with E-state index < -0.39 is 5.82 Å². The van der Waals surface area contributed by atoms with Crippen molar-refractivity contribution in [3.63, 3.8) is 0 Å². The number of aromatic nitrogens is 2. The van der Waals surface area contributed by atoms with Crippen LogP contribution >= 0.6 is 12.2 Å². The highest BCUT2D eigenvalue weighted by Gasteiger charge is 2.16. The predicted octanol–water partition coefficient (Wildman–Crippen LogP) is 1.81. The maximum Gasteiger partial charge on any atom is 0.191 e. The van der Waals surface area contributed by atoms with Gasteiger partial charge in [0.25, 0.3) is 0 Å². The topological polar surface area (TPSA) is 78.8 Å². The lowest BCUT2D eigenvalue weighted by atomic mass is 10.1. The number of hydrogen-bond acceptors (Lipinski definition) is 4. The third-order valence-corrected chi connectivity index (χ3v) is 2.53. The molecule has 94 valence electrons. The molecule has 0 unspecified atom stereocenters. The zero-order valence-corrected chi connectivity index (χ0v) is 10.4. The second-order valence-corrected chi connectivity index (χ2v) is 3.96. The first kappa shape index (κ1) is 12.9. The molecule has 0 radical (unpaired) electrons. The molecule has 1 aromatic heterocycles. The Morgan fingerprint density at radius 3 is 2.89 bits per heavy atom. The Kier molecular flexibility index (Phi) is 3.63. The van der Waals surface area contributed by atoms with Crippen LogP contribution in [0.25, 0.3) is 11.3 Å². The number of rotatable bonds is 2. The van der Waals surface area contributed by atoms with Gasteiger partial charge in [0.1, 0.15) is 17.8 Å². The first-order valence-electron chi connectivity index (χ1n) is 5.18. The molecule has 2 aromatic rings. The molecule has 0 saturated carbocycles. The second-order valence-electron chi connectivity index (χ2n) is 3.54. The van der Waals surface area contributed by atoms with Crippen molar-refractivity contribution in [2.75, 3.05) is 4.90 Å². The summed E-state index contributed by atoms with van der Waals surface area (Å²) >= 11 is 4.79. The van der Waals surface area contributed by atoms with E-state index in [1.165, 1.54) is 24.7 Å². The van der Waals surface area contributed by atoms with Crippen LogP contribution < -0.4 is 10.6 Å². The van der Waals surface area contributed by atoms with E-state index in [2.05, 4.69) is 9.97 Å². The summed E-state index contributed by atoms with van der Waals surface area (Å²) in [5, 5.41) is 8.92. The Balaban J connectivity index is 2.60. The Labute approximate surface area is 114 Å². The first-order chi connectivity index (χ1) is 9.13. The van der Waals surface area contributed by atoms with E-state index in [4.69, 9.17) is 23.2 Å². The number of nitrogens with two attached hydrogens (primary N) is 1. The monoisotopic (exact) mass is 273 g/mol. The molecule has 19 heavy (non-hydrogen) atoms. The van der Waals surface area contributed by atoms with Gasteiger partial charge in [-0.3, -0.25) is 0 Å². The van der Waals surface area contributed by atoms with Crippen molar-refractivity contribution in [1.29, 1.82) is 5.26 Å². The quantitative estimate of drug-likeness (QED) is 0.511. The molecule has 1 aromatic carbocycles. The van der Waals surface area contributed by atoms with Crippen molar-refractivity contribution in [1.82, 2.24) is 9.97 Å². The van der Waals surface area contributed by atoms with Crippen molar-refractivity contribution < 1.29 is 4.39 Å². The summed E-state index contributed by atoms with van der Waals surface area (Å²) in [7, 11) is 0. The molecule has 1 heterocycles. The number of hydrogen-bond donors (Lipinski definition) is 1. The van der Waals surface area contributed by atoms with Crippen molar-refractivity contribution in [3.05, 3.63) is 42.6 Å². The summed E-state index contributed by atoms with van der Waals surface area (Å²) in [4.78, 5) is 8.90. The predicted molar refractivity (Wildman–Crippen MR) is 72.3 cm³/mol. The van der Waals surface area contributed by atoms with Gasteiger partial charge in [-0.05, 0) is 24.4 Å². The summed E-state index contributed by atoms with van der Waals surface area (Å²) < 4.78 is 13.3. The van der Waals surface area contributed by atoms with E-state index >= 15 is 0 Å². The first-order valence-corrected chi connectivity index (χ1v) is 5.59. The SMILES string of the molecule is N#CN(C(N)=S)c1cncnc1-c1cccc(F)c1. The zero-order valence-electron chi connectivity index (χ0n) is 9.62. The van der Waals surface area contributed by atoms with Crippen LogP contribution in [0.2, 0.25) is 0 Å². The molecule has 0 amide bonds. The van der Waals surface area contributed by atoms with Crippen LogP contribution in [0.1, 0.15) is 0 Å². The zero-order chi connectivity index (χ0) is 13.8. The smallest absolute Gasteiger partial charge is 0.191 e. The molecule has 0 spiro atoms. The fourth-order valence-corrected chi connectivity index (χ4v) is 1.71. The fourth-order valence-electron chi connectivity index (χ4n) is 1.57. The van der Waals surface area contributed by atoms with Crippen LogP contribution in [0.4, 0.5) is 10.1 Å². The van der Waals surface area contributed by atoms with Crippen molar-refractivity contribution >= 4 is 23.0 Å². The molecular formula is C12H8FN5S. The van der Waals surface area contributed by atoms with E-state index in [0.29, 0.717) is 16.9 Å². The van der Waals surface area contributed by atoms with Gasteiger partial charge in [-0.15, -0.1) is 0 Å². The van der Waals surface area contributed by atoms with Gasteiger partial charge in [-0.1, -0.05) is 12.1 Å². The number of nitriles is 1. The minimum Gasteiger partial charge on any atom is -0.375 e. The normalized spacial score (nSPS) is 9.68. The van der Waals surface area contributed by atoms with E-state index in [1.54, 1.807) is 12.1 Å². The maximum absolute atomic E-state index is 13.3. The largest absolute Gasteiger partial charge is 0.375 e.